The Kier molecular flexibility index (Phi) is 5.13. The molecule has 0 heterocycles. The standard InChI is InChI=1S/C11H7F6IO3/c12-10(13,14)9(20,11(15,16)17)8(19)21-5-6-1-3-7(18)4-2-6/h1-4,20H,5H2. The number of esters is 1. The topological polar surface area (TPSA) is 46.5 Å². The van der Waals surface area contributed by atoms with Gasteiger partial charge in [0.05, 0.1) is 0 Å². The van der Waals surface area contributed by atoms with Crippen molar-refractivity contribution in [2.45, 2.75) is 24.6 Å². The van der Waals surface area contributed by atoms with E-state index in [1.807, 2.05) is 22.6 Å². The number of alkyl halides is 6. The SMILES string of the molecule is O=C(OCc1ccc(I)cc1)C(O)(C(F)(F)F)C(F)(F)F. The van der Waals surface area contributed by atoms with Crippen LogP contribution in [-0.4, -0.2) is 29.0 Å². The summed E-state index contributed by atoms with van der Waals surface area (Å²) in [5, 5.41) is 8.75. The Hall–Kier alpha value is -1.04. The minimum absolute atomic E-state index is 0.176. The van der Waals surface area contributed by atoms with Crippen molar-refractivity contribution in [1.29, 1.82) is 0 Å². The molecule has 0 aromatic heterocycles. The molecule has 10 heteroatoms. The van der Waals surface area contributed by atoms with Gasteiger partial charge in [-0.3, -0.25) is 0 Å². The van der Waals surface area contributed by atoms with Crippen LogP contribution in [0.2, 0.25) is 0 Å². The zero-order chi connectivity index (χ0) is 16.5. The van der Waals surface area contributed by atoms with Crippen molar-refractivity contribution < 1.29 is 41.0 Å². The van der Waals surface area contributed by atoms with Gasteiger partial charge in [0.25, 0.3) is 0 Å². The van der Waals surface area contributed by atoms with E-state index in [0.717, 1.165) is 3.57 Å². The lowest BCUT2D eigenvalue weighted by atomic mass is 10.0. The van der Waals surface area contributed by atoms with E-state index in [2.05, 4.69) is 4.74 Å². The monoisotopic (exact) mass is 428 g/mol. The third-order valence-corrected chi connectivity index (χ3v) is 3.12. The zero-order valence-electron chi connectivity index (χ0n) is 9.93. The van der Waals surface area contributed by atoms with Gasteiger partial charge in [-0.05, 0) is 40.3 Å². The summed E-state index contributed by atoms with van der Waals surface area (Å²) in [6, 6.07) is 5.75. The molecule has 1 rings (SSSR count). The van der Waals surface area contributed by atoms with Crippen molar-refractivity contribution in [3.8, 4) is 0 Å². The molecule has 0 atom stereocenters. The lowest BCUT2D eigenvalue weighted by Crippen LogP contribution is -2.62. The molecule has 0 saturated carbocycles. The lowest BCUT2D eigenvalue weighted by molar-refractivity contribution is -0.357. The molecule has 1 N–H and O–H groups in total. The molecule has 0 aliphatic rings. The van der Waals surface area contributed by atoms with Gasteiger partial charge in [0.15, 0.2) is 0 Å². The maximum atomic E-state index is 12.4. The number of ether oxygens (including phenoxy) is 1. The van der Waals surface area contributed by atoms with Crippen LogP contribution in [0, 0.1) is 3.57 Å². The van der Waals surface area contributed by atoms with Gasteiger partial charge in [0.1, 0.15) is 6.61 Å². The maximum absolute atomic E-state index is 12.4. The van der Waals surface area contributed by atoms with Gasteiger partial charge in [-0.2, -0.15) is 26.3 Å². The average Bonchev–Trinajstić information content (AvgIpc) is 2.34. The highest BCUT2D eigenvalue weighted by Crippen LogP contribution is 2.43. The van der Waals surface area contributed by atoms with E-state index < -0.39 is 30.5 Å². The van der Waals surface area contributed by atoms with Crippen LogP contribution in [-0.2, 0) is 16.1 Å². The number of rotatable bonds is 3. The van der Waals surface area contributed by atoms with Crippen molar-refractivity contribution in [3.63, 3.8) is 0 Å². The highest BCUT2D eigenvalue weighted by Gasteiger charge is 2.76. The van der Waals surface area contributed by atoms with Crippen LogP contribution in [0.25, 0.3) is 0 Å². The number of benzene rings is 1. The minimum Gasteiger partial charge on any atom is -0.458 e. The first-order valence-corrected chi connectivity index (χ1v) is 6.25. The van der Waals surface area contributed by atoms with Crippen LogP contribution in [0.3, 0.4) is 0 Å². The number of halogens is 7. The third-order valence-electron chi connectivity index (χ3n) is 2.40. The molecule has 0 bridgehead atoms. The molecule has 0 fully saturated rings. The summed E-state index contributed by atoms with van der Waals surface area (Å²) < 4.78 is 78.9. The highest BCUT2D eigenvalue weighted by molar-refractivity contribution is 14.1. The molecule has 0 saturated heterocycles. The summed E-state index contributed by atoms with van der Waals surface area (Å²) in [6.07, 6.45) is -12.5. The Balaban J connectivity index is 2.91. The van der Waals surface area contributed by atoms with Gasteiger partial charge in [-0.15, -0.1) is 0 Å². The summed E-state index contributed by atoms with van der Waals surface area (Å²) in [7, 11) is 0. The Morgan fingerprint density at radius 1 is 1.05 bits per heavy atom. The van der Waals surface area contributed by atoms with Crippen LogP contribution in [0.1, 0.15) is 5.56 Å². The molecule has 0 aliphatic carbocycles. The first-order valence-electron chi connectivity index (χ1n) is 5.17. The third kappa shape index (κ3) is 3.78. The summed E-state index contributed by atoms with van der Waals surface area (Å²) in [5.74, 6) is -2.82. The van der Waals surface area contributed by atoms with Crippen LogP contribution < -0.4 is 0 Å². The largest absolute Gasteiger partial charge is 0.458 e. The van der Waals surface area contributed by atoms with Crippen LogP contribution in [0.15, 0.2) is 24.3 Å². The molecule has 0 aliphatic heterocycles. The molecule has 0 spiro atoms. The highest BCUT2D eigenvalue weighted by atomic mass is 127. The van der Waals surface area contributed by atoms with Gasteiger partial charge in [-0.1, -0.05) is 12.1 Å². The van der Waals surface area contributed by atoms with E-state index in [4.69, 9.17) is 5.11 Å². The summed E-state index contributed by atoms with van der Waals surface area (Å²) in [5.41, 5.74) is -5.38. The average molecular weight is 428 g/mol. The molecule has 1 aromatic rings. The van der Waals surface area contributed by atoms with Crippen LogP contribution >= 0.6 is 22.6 Å². The van der Waals surface area contributed by atoms with Crippen molar-refractivity contribution in [1.82, 2.24) is 0 Å². The van der Waals surface area contributed by atoms with Gasteiger partial charge >= 0.3 is 23.9 Å². The fourth-order valence-electron chi connectivity index (χ4n) is 1.23. The van der Waals surface area contributed by atoms with E-state index in [-0.39, 0.29) is 5.56 Å². The van der Waals surface area contributed by atoms with E-state index in [0.29, 0.717) is 0 Å². The fourth-order valence-corrected chi connectivity index (χ4v) is 1.59. The summed E-state index contributed by atoms with van der Waals surface area (Å²) in [6.45, 7) is -0.829. The summed E-state index contributed by atoms with van der Waals surface area (Å²) >= 11 is 1.93. The molecular weight excluding hydrogens is 421 g/mol. The Labute approximate surface area is 128 Å². The van der Waals surface area contributed by atoms with Crippen molar-refractivity contribution >= 4 is 28.6 Å². The van der Waals surface area contributed by atoms with Gasteiger partial charge < -0.3 is 9.84 Å². The quantitative estimate of drug-likeness (QED) is 0.457. The Morgan fingerprint density at radius 3 is 1.86 bits per heavy atom. The molecule has 3 nitrogen and oxygen atoms in total. The van der Waals surface area contributed by atoms with Crippen molar-refractivity contribution in [2.75, 3.05) is 0 Å². The van der Waals surface area contributed by atoms with Gasteiger partial charge in [0, 0.05) is 3.57 Å². The predicted octanol–water partition coefficient (Wildman–Crippen LogP) is 3.19. The molecule has 21 heavy (non-hydrogen) atoms. The smallest absolute Gasteiger partial charge is 0.437 e. The van der Waals surface area contributed by atoms with Crippen molar-refractivity contribution in [2.24, 2.45) is 0 Å². The van der Waals surface area contributed by atoms with E-state index >= 15 is 0 Å². The van der Waals surface area contributed by atoms with Gasteiger partial charge in [-0.25, -0.2) is 4.79 Å². The van der Waals surface area contributed by atoms with Crippen LogP contribution in [0.4, 0.5) is 26.3 Å². The zero-order valence-corrected chi connectivity index (χ0v) is 12.1. The van der Waals surface area contributed by atoms with E-state index in [9.17, 15) is 31.1 Å². The van der Waals surface area contributed by atoms with Crippen LogP contribution in [0.5, 0.6) is 0 Å². The molecule has 0 radical (unpaired) electrons. The first kappa shape index (κ1) is 18.0. The number of aliphatic hydroxyl groups is 1. The molecule has 118 valence electrons. The number of carbonyl (C=O) groups excluding carboxylic acids is 1. The summed E-state index contributed by atoms with van der Waals surface area (Å²) in [4.78, 5) is 11.1. The number of hydrogen-bond donors (Lipinski definition) is 1. The molecule has 0 amide bonds. The molecular formula is C11H7F6IO3. The number of carbonyl (C=O) groups is 1. The molecule has 1 aromatic carbocycles. The van der Waals surface area contributed by atoms with E-state index in [1.54, 1.807) is 0 Å². The second-order valence-corrected chi connectivity index (χ2v) is 5.15. The van der Waals surface area contributed by atoms with Crippen molar-refractivity contribution in [3.05, 3.63) is 33.4 Å². The Morgan fingerprint density at radius 2 is 1.48 bits per heavy atom. The number of hydrogen-bond acceptors (Lipinski definition) is 3. The molecule has 0 unspecified atom stereocenters. The minimum atomic E-state index is -6.24. The first-order chi connectivity index (χ1) is 9.39. The predicted molar refractivity (Wildman–Crippen MR) is 66.0 cm³/mol. The van der Waals surface area contributed by atoms with E-state index in [1.165, 1.54) is 24.3 Å². The fraction of sp³-hybridized carbons (Fsp3) is 0.364. The second kappa shape index (κ2) is 5.99. The van der Waals surface area contributed by atoms with Gasteiger partial charge in [0.2, 0.25) is 0 Å². The second-order valence-electron chi connectivity index (χ2n) is 3.91. The Bertz CT molecular complexity index is 494. The maximum Gasteiger partial charge on any atom is 0.437 e. The lowest BCUT2D eigenvalue weighted by Gasteiger charge is -2.29. The normalized spacial score (nSPS) is 13.1.